The van der Waals surface area contributed by atoms with Gasteiger partial charge in [-0.15, -0.1) is 0 Å². The standard InChI is InChI=1S/C44H48N10O3/c1-30-4-9-35(27-40(30)50-44-46-20-16-38(49-44)33-3-2-19-45-28-33)48-42(56)32-7-12-36(13-8-32)53-21-17-37(18-22-53)54-25-23-52(24-26-54)29-31-5-10-34(11-6-31)47-39-14-15-41(55)51-43(39)57/h2-13,16,19-20,27-28,37,39,47H,14-15,17-18,21-26,29H2,1H3,(H,48,56)(H,46,49,50)(H,51,55,57). The Morgan fingerprint density at radius 3 is 2.35 bits per heavy atom. The highest BCUT2D eigenvalue weighted by Crippen LogP contribution is 2.27. The second kappa shape index (κ2) is 17.3. The topological polar surface area (TPSA) is 148 Å². The van der Waals surface area contributed by atoms with Crippen molar-refractivity contribution in [3.8, 4) is 11.3 Å². The molecule has 0 spiro atoms. The van der Waals surface area contributed by atoms with Gasteiger partial charge in [0.25, 0.3) is 5.91 Å². The second-order valence-corrected chi connectivity index (χ2v) is 15.0. The Morgan fingerprint density at radius 2 is 1.61 bits per heavy atom. The van der Waals surface area contributed by atoms with Gasteiger partial charge < -0.3 is 20.9 Å². The van der Waals surface area contributed by atoms with Crippen molar-refractivity contribution in [1.29, 1.82) is 0 Å². The Kier molecular flexibility index (Phi) is 11.5. The fraction of sp³-hybridized carbons (Fsp3) is 0.318. The van der Waals surface area contributed by atoms with Crippen LogP contribution in [0.15, 0.2) is 104 Å². The minimum Gasteiger partial charge on any atom is -0.374 e. The summed E-state index contributed by atoms with van der Waals surface area (Å²) in [6.45, 7) is 9.08. The monoisotopic (exact) mass is 764 g/mol. The zero-order chi connectivity index (χ0) is 39.1. The highest BCUT2D eigenvalue weighted by Gasteiger charge is 2.28. The number of amides is 3. The van der Waals surface area contributed by atoms with E-state index < -0.39 is 0 Å². The molecule has 5 aromatic rings. The van der Waals surface area contributed by atoms with E-state index in [4.69, 9.17) is 0 Å². The maximum absolute atomic E-state index is 13.3. The van der Waals surface area contributed by atoms with E-state index in [1.165, 1.54) is 5.56 Å². The summed E-state index contributed by atoms with van der Waals surface area (Å²) in [7, 11) is 0. The molecule has 1 atom stereocenters. The molecule has 57 heavy (non-hydrogen) atoms. The summed E-state index contributed by atoms with van der Waals surface area (Å²) < 4.78 is 0. The highest BCUT2D eigenvalue weighted by molar-refractivity contribution is 6.04. The number of piperazine rings is 1. The lowest BCUT2D eigenvalue weighted by atomic mass is 10.0. The van der Waals surface area contributed by atoms with Crippen molar-refractivity contribution >= 4 is 46.4 Å². The van der Waals surface area contributed by atoms with Gasteiger partial charge in [-0.3, -0.25) is 34.5 Å². The first kappa shape index (κ1) is 37.7. The predicted octanol–water partition coefficient (Wildman–Crippen LogP) is 5.85. The molecule has 3 aliphatic heterocycles. The van der Waals surface area contributed by atoms with Gasteiger partial charge in [0, 0.05) is 111 Å². The quantitative estimate of drug-likeness (QED) is 0.120. The lowest BCUT2D eigenvalue weighted by molar-refractivity contribution is -0.133. The molecule has 3 amide bonds. The summed E-state index contributed by atoms with van der Waals surface area (Å²) in [6, 6.07) is 27.9. The second-order valence-electron chi connectivity index (χ2n) is 15.0. The van der Waals surface area contributed by atoms with Gasteiger partial charge in [0.1, 0.15) is 6.04 Å². The number of pyridine rings is 1. The van der Waals surface area contributed by atoms with Gasteiger partial charge >= 0.3 is 0 Å². The van der Waals surface area contributed by atoms with Crippen LogP contribution in [0.2, 0.25) is 0 Å². The average Bonchev–Trinajstić information content (AvgIpc) is 3.24. The normalized spacial score (nSPS) is 18.2. The number of carbonyl (C=O) groups is 3. The maximum Gasteiger partial charge on any atom is 0.255 e. The number of benzene rings is 3. The molecule has 13 nitrogen and oxygen atoms in total. The minimum absolute atomic E-state index is 0.164. The molecule has 2 aromatic heterocycles. The molecule has 3 saturated heterocycles. The number of hydrogen-bond acceptors (Lipinski definition) is 11. The highest BCUT2D eigenvalue weighted by atomic mass is 16.2. The zero-order valence-electron chi connectivity index (χ0n) is 32.2. The number of rotatable bonds is 11. The molecule has 0 aliphatic carbocycles. The van der Waals surface area contributed by atoms with Gasteiger partial charge in [-0.2, -0.15) is 0 Å². The van der Waals surface area contributed by atoms with E-state index in [1.54, 1.807) is 18.6 Å². The van der Waals surface area contributed by atoms with Crippen LogP contribution in [0.4, 0.5) is 28.7 Å². The molecular weight excluding hydrogens is 717 g/mol. The predicted molar refractivity (Wildman–Crippen MR) is 222 cm³/mol. The van der Waals surface area contributed by atoms with Crippen LogP contribution >= 0.6 is 0 Å². The molecule has 3 aliphatic rings. The Hall–Kier alpha value is -6.18. The number of imide groups is 1. The largest absolute Gasteiger partial charge is 0.374 e. The van der Waals surface area contributed by atoms with E-state index >= 15 is 0 Å². The summed E-state index contributed by atoms with van der Waals surface area (Å²) in [5.41, 5.74) is 8.05. The van der Waals surface area contributed by atoms with E-state index in [-0.39, 0.29) is 23.8 Å². The molecule has 3 aromatic carbocycles. The van der Waals surface area contributed by atoms with Crippen LogP contribution in [0.25, 0.3) is 11.3 Å². The fourth-order valence-corrected chi connectivity index (χ4v) is 7.85. The van der Waals surface area contributed by atoms with Crippen LogP contribution in [0, 0.1) is 6.92 Å². The lowest BCUT2D eigenvalue weighted by Gasteiger charge is -2.43. The fourth-order valence-electron chi connectivity index (χ4n) is 7.85. The first-order valence-electron chi connectivity index (χ1n) is 19.8. The molecule has 8 rings (SSSR count). The third-order valence-corrected chi connectivity index (χ3v) is 11.2. The van der Waals surface area contributed by atoms with Crippen molar-refractivity contribution in [3.05, 3.63) is 120 Å². The molecule has 13 heteroatoms. The van der Waals surface area contributed by atoms with Gasteiger partial charge in [-0.05, 0) is 104 Å². The number of aromatic nitrogens is 3. The first-order chi connectivity index (χ1) is 27.8. The van der Waals surface area contributed by atoms with E-state index in [0.29, 0.717) is 36.1 Å². The van der Waals surface area contributed by atoms with Gasteiger partial charge in [-0.1, -0.05) is 18.2 Å². The molecular formula is C44H48N10O3. The molecule has 3 fully saturated rings. The van der Waals surface area contributed by atoms with Crippen molar-refractivity contribution in [2.75, 3.05) is 60.1 Å². The maximum atomic E-state index is 13.3. The Balaban J connectivity index is 0.777. The molecule has 1 unspecified atom stereocenters. The minimum atomic E-state index is -0.373. The van der Waals surface area contributed by atoms with E-state index in [1.807, 2.05) is 67.6 Å². The van der Waals surface area contributed by atoms with Crippen LogP contribution in [-0.4, -0.2) is 93.8 Å². The lowest BCUT2D eigenvalue weighted by Crippen LogP contribution is -2.53. The Morgan fingerprint density at radius 1 is 0.842 bits per heavy atom. The van der Waals surface area contributed by atoms with Gasteiger partial charge in [0.15, 0.2) is 0 Å². The zero-order valence-corrected chi connectivity index (χ0v) is 32.2. The summed E-state index contributed by atoms with van der Waals surface area (Å²) >= 11 is 0. The first-order valence-corrected chi connectivity index (χ1v) is 19.8. The number of anilines is 5. The van der Waals surface area contributed by atoms with Crippen molar-refractivity contribution in [3.63, 3.8) is 0 Å². The van der Waals surface area contributed by atoms with Gasteiger partial charge in [0.2, 0.25) is 17.8 Å². The Bertz CT molecular complexity index is 2180. The van der Waals surface area contributed by atoms with Crippen molar-refractivity contribution in [2.45, 2.75) is 51.2 Å². The average molecular weight is 765 g/mol. The van der Waals surface area contributed by atoms with Crippen LogP contribution in [0.5, 0.6) is 0 Å². The molecule has 0 bridgehead atoms. The van der Waals surface area contributed by atoms with Crippen LogP contribution < -0.4 is 26.2 Å². The van der Waals surface area contributed by atoms with Crippen LogP contribution in [-0.2, 0) is 16.1 Å². The SMILES string of the molecule is Cc1ccc(NC(=O)c2ccc(N3CCC(N4CCN(Cc5ccc(NC6CCC(=O)NC6=O)cc5)CC4)CC3)cc2)cc1Nc1nccc(-c2cccnc2)n1. The molecule has 4 N–H and O–H groups in total. The van der Waals surface area contributed by atoms with Crippen LogP contribution in [0.1, 0.15) is 47.2 Å². The van der Waals surface area contributed by atoms with Crippen molar-refractivity contribution < 1.29 is 14.4 Å². The molecule has 5 heterocycles. The molecule has 0 saturated carbocycles. The van der Waals surface area contributed by atoms with Gasteiger partial charge in [0.05, 0.1) is 5.69 Å². The van der Waals surface area contributed by atoms with E-state index in [9.17, 15) is 14.4 Å². The summed E-state index contributed by atoms with van der Waals surface area (Å²) in [5, 5.41) is 12.0. The van der Waals surface area contributed by atoms with E-state index in [2.05, 4.69) is 75.2 Å². The van der Waals surface area contributed by atoms with Gasteiger partial charge in [-0.25, -0.2) is 9.97 Å². The van der Waals surface area contributed by atoms with Crippen molar-refractivity contribution in [1.82, 2.24) is 30.1 Å². The summed E-state index contributed by atoms with van der Waals surface area (Å²) in [6.07, 6.45) is 8.33. The third-order valence-electron chi connectivity index (χ3n) is 11.2. The number of piperidine rings is 2. The number of nitrogens with zero attached hydrogens (tertiary/aromatic N) is 6. The molecule has 0 radical (unpaired) electrons. The number of carbonyl (C=O) groups excluding carboxylic acids is 3. The third kappa shape index (κ3) is 9.45. The van der Waals surface area contributed by atoms with Crippen LogP contribution in [0.3, 0.4) is 0 Å². The molecule has 292 valence electrons. The van der Waals surface area contributed by atoms with E-state index in [0.717, 1.165) is 92.5 Å². The summed E-state index contributed by atoms with van der Waals surface area (Å²) in [4.78, 5) is 57.7. The number of nitrogens with one attached hydrogen (secondary N) is 4. The number of hydrogen-bond donors (Lipinski definition) is 4. The smallest absolute Gasteiger partial charge is 0.255 e. The Labute approximate surface area is 332 Å². The number of aryl methyl sites for hydroxylation is 1. The van der Waals surface area contributed by atoms with Crippen molar-refractivity contribution in [2.24, 2.45) is 0 Å². The summed E-state index contributed by atoms with van der Waals surface area (Å²) in [5.74, 6) is -0.159.